The summed E-state index contributed by atoms with van der Waals surface area (Å²) >= 11 is 0. The minimum Gasteiger partial charge on any atom is -0.369 e. The van der Waals surface area contributed by atoms with E-state index < -0.39 is 6.10 Å². The maximum Gasteiger partial charge on any atom is 0.165 e. The molecule has 3 heteroatoms. The second-order valence-corrected chi connectivity index (χ2v) is 2.72. The number of carbonyl (C=O) groups excluding carboxylic acids is 1. The Balaban J connectivity index is 2.85. The van der Waals surface area contributed by atoms with Crippen LogP contribution in [0.4, 0.5) is 0 Å². The number of hydrogen-bond acceptors (Lipinski definition) is 3. The normalized spacial score (nSPS) is 12.5. The molecule has 0 N–H and O–H groups in total. The number of carbonyl (C=O) groups is 1. The van der Waals surface area contributed by atoms with Crippen molar-refractivity contribution in [1.82, 2.24) is 4.98 Å². The predicted molar refractivity (Wildman–Crippen MR) is 49.3 cm³/mol. The first-order valence-electron chi connectivity index (χ1n) is 4.25. The quantitative estimate of drug-likeness (QED) is 0.706. The molecular formula is C10H13NO2. The van der Waals surface area contributed by atoms with Crippen LogP contribution in [0.3, 0.4) is 0 Å². The van der Waals surface area contributed by atoms with Gasteiger partial charge in [0.25, 0.3) is 0 Å². The number of ketones is 1. The largest absolute Gasteiger partial charge is 0.369 e. The van der Waals surface area contributed by atoms with Crippen LogP contribution in [0.15, 0.2) is 24.5 Å². The average Bonchev–Trinajstić information content (AvgIpc) is 2.20. The molecule has 1 unspecified atom stereocenters. The van der Waals surface area contributed by atoms with Gasteiger partial charge in [-0.1, -0.05) is 13.0 Å². The molecular weight excluding hydrogens is 166 g/mol. The Labute approximate surface area is 77.8 Å². The number of pyridine rings is 1. The van der Waals surface area contributed by atoms with E-state index in [2.05, 4.69) is 4.98 Å². The lowest BCUT2D eigenvalue weighted by Gasteiger charge is -2.12. The lowest BCUT2D eigenvalue weighted by molar-refractivity contribution is -0.128. The molecule has 0 aromatic carbocycles. The second kappa shape index (κ2) is 4.72. The first-order valence-corrected chi connectivity index (χ1v) is 4.25. The van der Waals surface area contributed by atoms with Crippen molar-refractivity contribution < 1.29 is 9.53 Å². The first-order chi connectivity index (χ1) is 6.29. The number of nitrogens with zero attached hydrogens (tertiary/aromatic N) is 1. The van der Waals surface area contributed by atoms with E-state index in [0.717, 1.165) is 5.56 Å². The van der Waals surface area contributed by atoms with Gasteiger partial charge in [-0.3, -0.25) is 9.78 Å². The highest BCUT2D eigenvalue weighted by atomic mass is 16.5. The maximum absolute atomic E-state index is 11.4. The van der Waals surface area contributed by atoms with Crippen LogP contribution in [0.25, 0.3) is 0 Å². The van der Waals surface area contributed by atoms with Crippen molar-refractivity contribution in [2.75, 3.05) is 7.11 Å². The summed E-state index contributed by atoms with van der Waals surface area (Å²) in [5, 5.41) is 0. The SMILES string of the molecule is CCC(=O)C(OC)c1cccnc1. The minimum atomic E-state index is -0.460. The van der Waals surface area contributed by atoms with E-state index in [9.17, 15) is 4.79 Å². The highest BCUT2D eigenvalue weighted by Gasteiger charge is 2.17. The van der Waals surface area contributed by atoms with E-state index in [0.29, 0.717) is 6.42 Å². The Morgan fingerprint density at radius 3 is 2.92 bits per heavy atom. The zero-order chi connectivity index (χ0) is 9.68. The topological polar surface area (TPSA) is 39.2 Å². The molecule has 0 saturated heterocycles. The summed E-state index contributed by atoms with van der Waals surface area (Å²) in [4.78, 5) is 15.3. The van der Waals surface area contributed by atoms with Gasteiger partial charge in [0.1, 0.15) is 6.10 Å². The zero-order valence-corrected chi connectivity index (χ0v) is 7.86. The Kier molecular flexibility index (Phi) is 3.58. The Morgan fingerprint density at radius 1 is 1.69 bits per heavy atom. The van der Waals surface area contributed by atoms with Crippen LogP contribution in [-0.4, -0.2) is 17.9 Å². The third-order valence-corrected chi connectivity index (χ3v) is 1.86. The number of rotatable bonds is 4. The monoisotopic (exact) mass is 179 g/mol. The van der Waals surface area contributed by atoms with Crippen LogP contribution in [0.2, 0.25) is 0 Å². The van der Waals surface area contributed by atoms with E-state index in [1.54, 1.807) is 18.5 Å². The summed E-state index contributed by atoms with van der Waals surface area (Å²) in [6, 6.07) is 3.64. The molecule has 1 aromatic rings. The van der Waals surface area contributed by atoms with Gasteiger partial charge in [0.2, 0.25) is 0 Å². The summed E-state index contributed by atoms with van der Waals surface area (Å²) in [6.07, 6.45) is 3.35. The molecule has 0 aliphatic rings. The number of aromatic nitrogens is 1. The molecule has 0 aliphatic carbocycles. The van der Waals surface area contributed by atoms with E-state index in [-0.39, 0.29) is 5.78 Å². The fourth-order valence-electron chi connectivity index (χ4n) is 1.17. The number of ether oxygens (including phenoxy) is 1. The van der Waals surface area contributed by atoms with Crippen molar-refractivity contribution in [3.05, 3.63) is 30.1 Å². The standard InChI is InChI=1S/C10H13NO2/c1-3-9(12)10(13-2)8-5-4-6-11-7-8/h4-7,10H,3H2,1-2H3. The molecule has 0 aliphatic heterocycles. The van der Waals surface area contributed by atoms with Gasteiger partial charge in [-0.05, 0) is 6.07 Å². The Bertz CT molecular complexity index is 272. The lowest BCUT2D eigenvalue weighted by Crippen LogP contribution is -2.13. The van der Waals surface area contributed by atoms with Crippen LogP contribution in [0.1, 0.15) is 25.0 Å². The molecule has 0 saturated carbocycles. The fourth-order valence-corrected chi connectivity index (χ4v) is 1.17. The van der Waals surface area contributed by atoms with Crippen molar-refractivity contribution in [2.24, 2.45) is 0 Å². The van der Waals surface area contributed by atoms with Crippen LogP contribution in [0, 0.1) is 0 Å². The van der Waals surface area contributed by atoms with Gasteiger partial charge in [0.05, 0.1) is 0 Å². The minimum absolute atomic E-state index is 0.0792. The lowest BCUT2D eigenvalue weighted by atomic mass is 10.1. The second-order valence-electron chi connectivity index (χ2n) is 2.72. The molecule has 0 radical (unpaired) electrons. The molecule has 1 atom stereocenters. The molecule has 3 nitrogen and oxygen atoms in total. The average molecular weight is 179 g/mol. The molecule has 0 amide bonds. The third kappa shape index (κ3) is 2.36. The van der Waals surface area contributed by atoms with Crippen LogP contribution in [-0.2, 0) is 9.53 Å². The van der Waals surface area contributed by atoms with Crippen molar-refractivity contribution in [2.45, 2.75) is 19.4 Å². The van der Waals surface area contributed by atoms with Crippen molar-refractivity contribution in [3.8, 4) is 0 Å². The van der Waals surface area contributed by atoms with Gasteiger partial charge < -0.3 is 4.74 Å². The molecule has 13 heavy (non-hydrogen) atoms. The highest BCUT2D eigenvalue weighted by molar-refractivity contribution is 5.83. The molecule has 1 rings (SSSR count). The Hall–Kier alpha value is -1.22. The van der Waals surface area contributed by atoms with Gasteiger partial charge in [0.15, 0.2) is 5.78 Å². The number of Topliss-reactive ketones (excluding diaryl/α,β-unsaturated/α-hetero) is 1. The molecule has 1 heterocycles. The summed E-state index contributed by atoms with van der Waals surface area (Å²) in [7, 11) is 1.53. The van der Waals surface area contributed by atoms with Crippen molar-refractivity contribution >= 4 is 5.78 Å². The first kappa shape index (κ1) is 9.86. The molecule has 70 valence electrons. The fraction of sp³-hybridized carbons (Fsp3) is 0.400. The summed E-state index contributed by atoms with van der Waals surface area (Å²) in [5.74, 6) is 0.0792. The van der Waals surface area contributed by atoms with Crippen LogP contribution < -0.4 is 0 Å². The van der Waals surface area contributed by atoms with Crippen molar-refractivity contribution in [1.29, 1.82) is 0 Å². The smallest absolute Gasteiger partial charge is 0.165 e. The Morgan fingerprint density at radius 2 is 2.46 bits per heavy atom. The predicted octanol–water partition coefficient (Wildman–Crippen LogP) is 1.75. The molecule has 0 bridgehead atoms. The van der Waals surface area contributed by atoms with Gasteiger partial charge >= 0.3 is 0 Å². The summed E-state index contributed by atoms with van der Waals surface area (Å²) < 4.78 is 5.10. The van der Waals surface area contributed by atoms with Gasteiger partial charge in [-0.25, -0.2) is 0 Å². The van der Waals surface area contributed by atoms with E-state index in [1.807, 2.05) is 13.0 Å². The number of hydrogen-bond donors (Lipinski definition) is 0. The molecule has 0 fully saturated rings. The molecule has 0 spiro atoms. The van der Waals surface area contributed by atoms with Crippen molar-refractivity contribution in [3.63, 3.8) is 0 Å². The number of methoxy groups -OCH3 is 1. The highest BCUT2D eigenvalue weighted by Crippen LogP contribution is 2.17. The zero-order valence-electron chi connectivity index (χ0n) is 7.86. The van der Waals surface area contributed by atoms with E-state index in [4.69, 9.17) is 4.74 Å². The molecule has 1 aromatic heterocycles. The van der Waals surface area contributed by atoms with E-state index >= 15 is 0 Å². The van der Waals surface area contributed by atoms with Gasteiger partial charge in [-0.2, -0.15) is 0 Å². The maximum atomic E-state index is 11.4. The van der Waals surface area contributed by atoms with Gasteiger partial charge in [0, 0.05) is 31.5 Å². The summed E-state index contributed by atoms with van der Waals surface area (Å²) in [6.45, 7) is 1.82. The third-order valence-electron chi connectivity index (χ3n) is 1.86. The van der Waals surface area contributed by atoms with Crippen LogP contribution >= 0.6 is 0 Å². The van der Waals surface area contributed by atoms with Crippen LogP contribution in [0.5, 0.6) is 0 Å². The summed E-state index contributed by atoms with van der Waals surface area (Å²) in [5.41, 5.74) is 0.817. The van der Waals surface area contributed by atoms with E-state index in [1.165, 1.54) is 7.11 Å². The van der Waals surface area contributed by atoms with Gasteiger partial charge in [-0.15, -0.1) is 0 Å².